The van der Waals surface area contributed by atoms with E-state index in [9.17, 15) is 0 Å². The molecule has 2 unspecified atom stereocenters. The predicted octanol–water partition coefficient (Wildman–Crippen LogP) is 4.19. The zero-order valence-electron chi connectivity index (χ0n) is 9.42. The molecule has 1 aromatic heterocycles. The first-order chi connectivity index (χ1) is 7.19. The van der Waals surface area contributed by atoms with Gasteiger partial charge < -0.3 is 5.32 Å². The van der Waals surface area contributed by atoms with Crippen LogP contribution in [0.5, 0.6) is 0 Å². The zero-order chi connectivity index (χ0) is 11.3. The summed E-state index contributed by atoms with van der Waals surface area (Å²) in [5.41, 5.74) is 0. The summed E-state index contributed by atoms with van der Waals surface area (Å²) < 4.78 is 0. The van der Waals surface area contributed by atoms with Crippen LogP contribution in [-0.4, -0.2) is 18.1 Å². The largest absolute Gasteiger partial charge is 0.312 e. The molecule has 1 heterocycles. The van der Waals surface area contributed by atoms with Gasteiger partial charge in [-0.1, -0.05) is 25.4 Å². The Morgan fingerprint density at radius 1 is 1.60 bits per heavy atom. The van der Waals surface area contributed by atoms with Crippen LogP contribution in [0.3, 0.4) is 0 Å². The van der Waals surface area contributed by atoms with Gasteiger partial charge in [0.2, 0.25) is 0 Å². The average molecular weight is 264 g/mol. The molecule has 2 atom stereocenters. The van der Waals surface area contributed by atoms with Gasteiger partial charge in [-0.3, -0.25) is 0 Å². The van der Waals surface area contributed by atoms with Crippen molar-refractivity contribution in [2.45, 2.75) is 31.6 Å². The van der Waals surface area contributed by atoms with Crippen LogP contribution in [0.2, 0.25) is 5.02 Å². The molecule has 1 aromatic rings. The number of rotatable bonds is 6. The lowest BCUT2D eigenvalue weighted by atomic mass is 10.3. The van der Waals surface area contributed by atoms with Crippen LogP contribution < -0.4 is 5.32 Å². The quantitative estimate of drug-likeness (QED) is 0.826. The zero-order valence-corrected chi connectivity index (χ0v) is 11.8. The summed E-state index contributed by atoms with van der Waals surface area (Å²) in [6.45, 7) is 4.50. The highest BCUT2D eigenvalue weighted by Crippen LogP contribution is 2.31. The second kappa shape index (κ2) is 6.79. The number of thioether (sulfide) groups is 1. The van der Waals surface area contributed by atoms with Crippen molar-refractivity contribution < 1.29 is 0 Å². The van der Waals surface area contributed by atoms with E-state index in [2.05, 4.69) is 24.5 Å². The molecule has 1 N–H and O–H groups in total. The smallest absolute Gasteiger partial charge is 0.0561 e. The normalized spacial score (nSPS) is 15.2. The highest BCUT2D eigenvalue weighted by molar-refractivity contribution is 7.99. The third-order valence-electron chi connectivity index (χ3n) is 2.43. The second-order valence-electron chi connectivity index (χ2n) is 3.53. The van der Waals surface area contributed by atoms with Crippen molar-refractivity contribution in [3.8, 4) is 0 Å². The number of halogens is 1. The van der Waals surface area contributed by atoms with Gasteiger partial charge in [-0.15, -0.1) is 11.3 Å². The maximum atomic E-state index is 6.12. The van der Waals surface area contributed by atoms with E-state index in [4.69, 9.17) is 11.6 Å². The summed E-state index contributed by atoms with van der Waals surface area (Å²) >= 11 is 9.86. The van der Waals surface area contributed by atoms with Crippen molar-refractivity contribution in [2.75, 3.05) is 12.8 Å². The Kier molecular flexibility index (Phi) is 6.05. The lowest BCUT2D eigenvalue weighted by molar-refractivity contribution is 0.672. The molecular formula is C11H18ClNS2. The van der Waals surface area contributed by atoms with E-state index in [1.807, 2.05) is 24.9 Å². The summed E-state index contributed by atoms with van der Waals surface area (Å²) in [6, 6.07) is 2.36. The van der Waals surface area contributed by atoms with Crippen LogP contribution in [0.4, 0.5) is 0 Å². The van der Waals surface area contributed by atoms with Gasteiger partial charge in [-0.25, -0.2) is 0 Å². The molecule has 0 fully saturated rings. The van der Waals surface area contributed by atoms with Crippen LogP contribution in [0.15, 0.2) is 11.4 Å². The Labute approximate surface area is 106 Å². The molecule has 0 aliphatic carbocycles. The van der Waals surface area contributed by atoms with E-state index in [1.165, 1.54) is 11.3 Å². The Bertz CT molecular complexity index is 288. The van der Waals surface area contributed by atoms with Gasteiger partial charge in [-0.05, 0) is 24.9 Å². The summed E-state index contributed by atoms with van der Waals surface area (Å²) in [6.07, 6.45) is 1.22. The Morgan fingerprint density at radius 3 is 2.80 bits per heavy atom. The van der Waals surface area contributed by atoms with Crippen LogP contribution in [-0.2, 0) is 0 Å². The SMILES string of the molecule is CCC(C)SCC(NC)c1sccc1Cl. The van der Waals surface area contributed by atoms with Crippen LogP contribution in [0, 0.1) is 0 Å². The fourth-order valence-corrected chi connectivity index (χ4v) is 3.72. The van der Waals surface area contributed by atoms with E-state index in [-0.39, 0.29) is 0 Å². The van der Waals surface area contributed by atoms with Gasteiger partial charge in [0, 0.05) is 15.9 Å². The van der Waals surface area contributed by atoms with Crippen molar-refractivity contribution >= 4 is 34.7 Å². The minimum Gasteiger partial charge on any atom is -0.312 e. The van der Waals surface area contributed by atoms with E-state index in [0.717, 1.165) is 16.0 Å². The molecule has 0 radical (unpaired) electrons. The first kappa shape index (κ1) is 13.4. The monoisotopic (exact) mass is 263 g/mol. The van der Waals surface area contributed by atoms with Crippen LogP contribution in [0.25, 0.3) is 0 Å². The van der Waals surface area contributed by atoms with Gasteiger partial charge in [0.1, 0.15) is 0 Å². The van der Waals surface area contributed by atoms with Crippen molar-refractivity contribution in [2.24, 2.45) is 0 Å². The minimum absolute atomic E-state index is 0.386. The molecule has 0 aliphatic rings. The molecule has 0 amide bonds. The molecule has 1 nitrogen and oxygen atoms in total. The molecular weight excluding hydrogens is 246 g/mol. The average Bonchev–Trinajstić information content (AvgIpc) is 2.65. The molecule has 0 bridgehead atoms. The van der Waals surface area contributed by atoms with Crippen LogP contribution >= 0.6 is 34.7 Å². The summed E-state index contributed by atoms with van der Waals surface area (Å²) in [5, 5.41) is 7.00. The number of nitrogens with one attached hydrogen (secondary N) is 1. The van der Waals surface area contributed by atoms with Crippen molar-refractivity contribution in [1.29, 1.82) is 0 Å². The fraction of sp³-hybridized carbons (Fsp3) is 0.636. The van der Waals surface area contributed by atoms with E-state index < -0.39 is 0 Å². The molecule has 0 saturated carbocycles. The van der Waals surface area contributed by atoms with E-state index >= 15 is 0 Å². The van der Waals surface area contributed by atoms with E-state index in [1.54, 1.807) is 11.3 Å². The fourth-order valence-electron chi connectivity index (χ4n) is 1.22. The van der Waals surface area contributed by atoms with Crippen molar-refractivity contribution in [3.63, 3.8) is 0 Å². The maximum Gasteiger partial charge on any atom is 0.0561 e. The molecule has 15 heavy (non-hydrogen) atoms. The highest BCUT2D eigenvalue weighted by atomic mass is 35.5. The first-order valence-corrected chi connectivity index (χ1v) is 7.51. The second-order valence-corrected chi connectivity index (χ2v) is 6.35. The van der Waals surface area contributed by atoms with Crippen molar-refractivity contribution in [3.05, 3.63) is 21.3 Å². The number of thiophene rings is 1. The predicted molar refractivity (Wildman–Crippen MR) is 73.3 cm³/mol. The highest BCUT2D eigenvalue weighted by Gasteiger charge is 2.15. The summed E-state index contributed by atoms with van der Waals surface area (Å²) in [5.74, 6) is 1.09. The molecule has 4 heteroatoms. The number of hydrogen-bond acceptors (Lipinski definition) is 3. The van der Waals surface area contributed by atoms with E-state index in [0.29, 0.717) is 6.04 Å². The Morgan fingerprint density at radius 2 is 2.33 bits per heavy atom. The minimum atomic E-state index is 0.386. The molecule has 0 spiro atoms. The molecule has 1 rings (SSSR count). The first-order valence-electron chi connectivity index (χ1n) is 5.20. The Hall–Kier alpha value is 0.300. The Balaban J connectivity index is 2.53. The summed E-state index contributed by atoms with van der Waals surface area (Å²) in [4.78, 5) is 1.26. The van der Waals surface area contributed by atoms with Gasteiger partial charge in [0.05, 0.1) is 11.1 Å². The van der Waals surface area contributed by atoms with Gasteiger partial charge in [0.15, 0.2) is 0 Å². The molecule has 86 valence electrons. The lowest BCUT2D eigenvalue weighted by Gasteiger charge is -2.17. The molecule has 0 aromatic carbocycles. The van der Waals surface area contributed by atoms with Crippen molar-refractivity contribution in [1.82, 2.24) is 5.32 Å². The van der Waals surface area contributed by atoms with Gasteiger partial charge in [0.25, 0.3) is 0 Å². The third kappa shape index (κ3) is 3.99. The topological polar surface area (TPSA) is 12.0 Å². The molecule has 0 aliphatic heterocycles. The number of hydrogen-bond donors (Lipinski definition) is 1. The standard InChI is InChI=1S/C11H18ClNS2/c1-4-8(2)15-7-10(13-3)11-9(12)5-6-14-11/h5-6,8,10,13H,4,7H2,1-3H3. The maximum absolute atomic E-state index is 6.12. The molecule has 0 saturated heterocycles. The van der Waals surface area contributed by atoms with Crippen LogP contribution in [0.1, 0.15) is 31.2 Å². The van der Waals surface area contributed by atoms with Gasteiger partial charge in [-0.2, -0.15) is 11.8 Å². The third-order valence-corrected chi connectivity index (χ3v) is 5.33. The lowest BCUT2D eigenvalue weighted by Crippen LogP contribution is -2.19. The summed E-state index contributed by atoms with van der Waals surface area (Å²) in [7, 11) is 2.00. The van der Waals surface area contributed by atoms with Gasteiger partial charge >= 0.3 is 0 Å².